The van der Waals surface area contributed by atoms with Crippen LogP contribution >= 0.6 is 0 Å². The van der Waals surface area contributed by atoms with Crippen LogP contribution in [0.25, 0.3) is 27.6 Å². The lowest BCUT2D eigenvalue weighted by atomic mass is 9.89. The molecule has 78 heavy (non-hydrogen) atoms. The minimum atomic E-state index is -0.506. The number of aromatic nitrogens is 6. The second-order valence-electron chi connectivity index (χ2n) is 20.7. The molecule has 0 aliphatic rings. The summed E-state index contributed by atoms with van der Waals surface area (Å²) in [5, 5.41) is 37.6. The molecule has 0 bridgehead atoms. The summed E-state index contributed by atoms with van der Waals surface area (Å²) in [5.41, 5.74) is 4.28. The van der Waals surface area contributed by atoms with E-state index in [2.05, 4.69) is 40.9 Å². The highest BCUT2D eigenvalue weighted by atomic mass is 16.3. The van der Waals surface area contributed by atoms with Crippen molar-refractivity contribution < 1.29 is 44.1 Å². The molecule has 3 aromatic carbocycles. The molecule has 0 fully saturated rings. The number of Topliss-reactive ketones (excluding diaryl/α,β-unsaturated/α-hetero) is 3. The van der Waals surface area contributed by atoms with Gasteiger partial charge in [-0.2, -0.15) is 0 Å². The molecule has 0 aliphatic carbocycles. The molecule has 0 radical (unpaired) electrons. The van der Waals surface area contributed by atoms with Crippen LogP contribution in [-0.2, 0) is 0 Å². The maximum Gasteiger partial charge on any atom is 0.256 e. The van der Waals surface area contributed by atoms with Gasteiger partial charge in [-0.1, -0.05) is 84.6 Å². The SMILES string of the molecule is C.C.C.CC(C)(C)C(=O)c1cc2cc(NC(=O)c3ccc(O)cc3)cnc2[nH]1.CC(C)(C)C(=O)c1cc2cc(NC(=O)c3ccc(O)cc3)ncc2[nH]1.CC(C)(C)C(=O)c1cn2cc(NC(=O)c3ccc(O)cc3)ccc2n1. The number of rotatable bonds is 9. The molecule has 0 saturated carbocycles. The molecule has 6 heterocycles. The zero-order chi connectivity index (χ0) is 54.6. The number of H-pyrrole nitrogens is 2. The molecule has 18 nitrogen and oxygen atoms in total. The molecule has 0 spiro atoms. The van der Waals surface area contributed by atoms with Crippen molar-refractivity contribution in [2.24, 2.45) is 16.2 Å². The van der Waals surface area contributed by atoms with Gasteiger partial charge in [-0.25, -0.2) is 15.0 Å². The Labute approximate surface area is 453 Å². The zero-order valence-corrected chi connectivity index (χ0v) is 42.8. The number of nitrogens with one attached hydrogen (secondary N) is 5. The second-order valence-corrected chi connectivity index (χ2v) is 20.7. The Morgan fingerprint density at radius 3 is 1.41 bits per heavy atom. The smallest absolute Gasteiger partial charge is 0.256 e. The van der Waals surface area contributed by atoms with Gasteiger partial charge in [0.1, 0.15) is 40.1 Å². The van der Waals surface area contributed by atoms with Crippen LogP contribution in [0.15, 0.2) is 134 Å². The second kappa shape index (κ2) is 24.5. The standard InChI is InChI=1S/3C19H19N3O3.3CH4/c1-19(2,3)17(24)15-11-22-10-13(6-9-16(22)21-15)20-18(25)12-4-7-14(23)8-5-12;1-19(2,3)16(24)15-9-12-8-13(10-20-17(12)22-15)21-18(25)11-4-6-14(23)7-5-11;1-19(2,3)17(24)14-8-12-9-16(20-10-15(12)21-14)22-18(25)11-4-6-13(23)7-5-11;;;/h4-11,23H,1-3H3,(H,20,25);4-10,23H,1-3H3,(H,20,22)(H,21,25);4-10,21,23H,1-3H3,(H,20,22,25);3*1H4. The number of carbonyl (C=O) groups is 6. The van der Waals surface area contributed by atoms with Crippen LogP contribution in [0.5, 0.6) is 17.2 Å². The third-order valence-corrected chi connectivity index (χ3v) is 11.3. The summed E-state index contributed by atoms with van der Waals surface area (Å²) in [4.78, 5) is 92.6. The average molecular weight is 1060 g/mol. The van der Waals surface area contributed by atoms with Crippen LogP contribution < -0.4 is 16.0 Å². The number of phenolic OH excluding ortho intramolecular Hbond substituents is 3. The van der Waals surface area contributed by atoms with E-state index in [-0.39, 0.29) is 74.6 Å². The molecular weight excluding hydrogens is 991 g/mol. The van der Waals surface area contributed by atoms with Gasteiger partial charge in [0.25, 0.3) is 17.7 Å². The van der Waals surface area contributed by atoms with Gasteiger partial charge in [0, 0.05) is 56.1 Å². The van der Waals surface area contributed by atoms with E-state index in [1.807, 2.05) is 62.3 Å². The van der Waals surface area contributed by atoms with E-state index in [4.69, 9.17) is 0 Å². The Morgan fingerprint density at radius 2 is 0.923 bits per heavy atom. The molecule has 0 saturated heterocycles. The number of amides is 3. The number of fused-ring (bicyclic) bond motifs is 3. The molecule has 408 valence electrons. The Kier molecular flexibility index (Phi) is 19.2. The summed E-state index contributed by atoms with van der Waals surface area (Å²) in [6.07, 6.45) is 6.49. The van der Waals surface area contributed by atoms with Gasteiger partial charge in [-0.15, -0.1) is 0 Å². The van der Waals surface area contributed by atoms with E-state index >= 15 is 0 Å². The Hall–Kier alpha value is -9.45. The minimum absolute atomic E-state index is 0. The lowest BCUT2D eigenvalue weighted by Crippen LogP contribution is -2.20. The number of phenols is 3. The third kappa shape index (κ3) is 15.1. The quantitative estimate of drug-likeness (QED) is 0.0627. The number of aromatic amines is 2. The lowest BCUT2D eigenvalue weighted by Gasteiger charge is -2.14. The highest BCUT2D eigenvalue weighted by molar-refractivity contribution is 6.08. The molecule has 18 heteroatoms. The first-order valence-electron chi connectivity index (χ1n) is 23.6. The number of ketones is 3. The molecule has 3 amide bonds. The number of pyridine rings is 3. The largest absolute Gasteiger partial charge is 0.508 e. The topological polar surface area (TPSA) is 274 Å². The number of carbonyl (C=O) groups excluding carboxylic acids is 6. The highest BCUT2D eigenvalue weighted by Gasteiger charge is 2.27. The summed E-state index contributed by atoms with van der Waals surface area (Å²) in [6.45, 7) is 16.7. The molecular formula is C60H69N9O9. The van der Waals surface area contributed by atoms with E-state index in [0.29, 0.717) is 62.3 Å². The number of hydrogen-bond acceptors (Lipinski definition) is 12. The lowest BCUT2D eigenvalue weighted by molar-refractivity contribution is 0.0848. The molecule has 8 N–H and O–H groups in total. The monoisotopic (exact) mass is 1060 g/mol. The average Bonchev–Trinajstić information content (AvgIpc) is 4.11. The predicted octanol–water partition coefficient (Wildman–Crippen LogP) is 12.9. The minimum Gasteiger partial charge on any atom is -0.508 e. The first-order valence-corrected chi connectivity index (χ1v) is 23.6. The number of benzene rings is 3. The van der Waals surface area contributed by atoms with E-state index < -0.39 is 16.2 Å². The summed E-state index contributed by atoms with van der Waals surface area (Å²) in [7, 11) is 0. The number of aromatic hydroxyl groups is 3. The van der Waals surface area contributed by atoms with Gasteiger partial charge in [0.15, 0.2) is 17.3 Å². The fraction of sp³-hybridized carbons (Fsp3) is 0.250. The van der Waals surface area contributed by atoms with Crippen LogP contribution in [0.4, 0.5) is 17.2 Å². The number of nitrogens with zero attached hydrogens (tertiary/aromatic N) is 4. The van der Waals surface area contributed by atoms with Crippen LogP contribution in [0, 0.1) is 16.2 Å². The van der Waals surface area contributed by atoms with E-state index in [1.54, 1.807) is 71.5 Å². The maximum atomic E-state index is 12.4. The molecule has 0 atom stereocenters. The van der Waals surface area contributed by atoms with Gasteiger partial charge in [0.05, 0.1) is 40.7 Å². The Morgan fingerprint density at radius 1 is 0.474 bits per heavy atom. The van der Waals surface area contributed by atoms with Crippen LogP contribution in [0.3, 0.4) is 0 Å². The fourth-order valence-corrected chi connectivity index (χ4v) is 7.23. The van der Waals surface area contributed by atoms with Gasteiger partial charge in [0.2, 0.25) is 0 Å². The van der Waals surface area contributed by atoms with Gasteiger partial charge in [-0.05, 0) is 109 Å². The van der Waals surface area contributed by atoms with Crippen LogP contribution in [0.1, 0.15) is 147 Å². The predicted molar refractivity (Wildman–Crippen MR) is 307 cm³/mol. The van der Waals surface area contributed by atoms with E-state index in [9.17, 15) is 44.1 Å². The normalized spacial score (nSPS) is 11.0. The van der Waals surface area contributed by atoms with E-state index in [1.165, 1.54) is 66.9 Å². The van der Waals surface area contributed by atoms with Crippen molar-refractivity contribution in [1.82, 2.24) is 29.3 Å². The molecule has 0 aliphatic heterocycles. The fourth-order valence-electron chi connectivity index (χ4n) is 7.23. The van der Waals surface area contributed by atoms with Crippen molar-refractivity contribution in [3.63, 3.8) is 0 Å². The van der Waals surface area contributed by atoms with Crippen molar-refractivity contribution in [2.75, 3.05) is 16.0 Å². The molecule has 9 rings (SSSR count). The van der Waals surface area contributed by atoms with Crippen molar-refractivity contribution in [1.29, 1.82) is 0 Å². The molecule has 0 unspecified atom stereocenters. The number of anilines is 3. The molecule has 6 aromatic heterocycles. The molecule has 9 aromatic rings. The van der Waals surface area contributed by atoms with Crippen LogP contribution in [0.2, 0.25) is 0 Å². The number of hydrogen-bond donors (Lipinski definition) is 8. The Balaban J connectivity index is 0.000000248. The zero-order valence-electron chi connectivity index (χ0n) is 42.8. The van der Waals surface area contributed by atoms with Crippen molar-refractivity contribution in [3.05, 3.63) is 168 Å². The highest BCUT2D eigenvalue weighted by Crippen LogP contribution is 2.27. The van der Waals surface area contributed by atoms with Gasteiger partial charge < -0.3 is 45.6 Å². The van der Waals surface area contributed by atoms with Crippen LogP contribution in [-0.4, -0.2) is 79.7 Å². The first-order chi connectivity index (χ1) is 35.2. The van der Waals surface area contributed by atoms with Crippen molar-refractivity contribution in [3.8, 4) is 17.2 Å². The van der Waals surface area contributed by atoms with Crippen molar-refractivity contribution in [2.45, 2.75) is 84.6 Å². The van der Waals surface area contributed by atoms with Gasteiger partial charge in [-0.3, -0.25) is 28.8 Å². The maximum absolute atomic E-state index is 12.4. The first kappa shape index (κ1) is 61.1. The third-order valence-electron chi connectivity index (χ3n) is 11.3. The number of imidazole rings is 1. The summed E-state index contributed by atoms with van der Waals surface area (Å²) >= 11 is 0. The van der Waals surface area contributed by atoms with Crippen molar-refractivity contribution >= 4 is 79.8 Å². The van der Waals surface area contributed by atoms with Gasteiger partial charge >= 0.3 is 0 Å². The summed E-state index contributed by atoms with van der Waals surface area (Å²) in [6, 6.07) is 28.4. The Bertz CT molecular complexity index is 3230. The summed E-state index contributed by atoms with van der Waals surface area (Å²) < 4.78 is 1.71. The summed E-state index contributed by atoms with van der Waals surface area (Å²) in [5.74, 6) is -0.250. The van der Waals surface area contributed by atoms with E-state index in [0.717, 1.165) is 16.3 Å².